The first kappa shape index (κ1) is 16.8. The summed E-state index contributed by atoms with van der Waals surface area (Å²) in [6.07, 6.45) is 0. The fourth-order valence-electron chi connectivity index (χ4n) is 3.06. The van der Waals surface area contributed by atoms with E-state index >= 15 is 0 Å². The van der Waals surface area contributed by atoms with Gasteiger partial charge in [0.15, 0.2) is 0 Å². The molecule has 0 saturated heterocycles. The number of anilines is 1. The van der Waals surface area contributed by atoms with Gasteiger partial charge in [-0.1, -0.05) is 30.3 Å². The van der Waals surface area contributed by atoms with Gasteiger partial charge >= 0.3 is 5.97 Å². The number of amides is 1. The highest BCUT2D eigenvalue weighted by Gasteiger charge is 2.12. The van der Waals surface area contributed by atoms with Crippen LogP contribution >= 0.6 is 0 Å². The Morgan fingerprint density at radius 2 is 1.74 bits per heavy atom. The number of H-pyrrole nitrogens is 1. The number of esters is 1. The molecule has 0 unspecified atom stereocenters. The van der Waals surface area contributed by atoms with E-state index in [0.29, 0.717) is 23.6 Å². The largest absolute Gasteiger partial charge is 0.461 e. The number of rotatable bonds is 4. The maximum absolute atomic E-state index is 12.6. The summed E-state index contributed by atoms with van der Waals surface area (Å²) < 4.78 is 5.01. The van der Waals surface area contributed by atoms with Gasteiger partial charge in [0.05, 0.1) is 6.61 Å². The minimum Gasteiger partial charge on any atom is -0.461 e. The van der Waals surface area contributed by atoms with Gasteiger partial charge in [-0.2, -0.15) is 0 Å². The molecule has 4 rings (SSSR count). The lowest BCUT2D eigenvalue weighted by molar-refractivity contribution is 0.0520. The van der Waals surface area contributed by atoms with Gasteiger partial charge < -0.3 is 15.0 Å². The van der Waals surface area contributed by atoms with E-state index in [-0.39, 0.29) is 5.91 Å². The molecule has 1 heterocycles. The van der Waals surface area contributed by atoms with E-state index in [1.54, 1.807) is 19.1 Å². The van der Waals surface area contributed by atoms with Gasteiger partial charge in [-0.05, 0) is 54.1 Å². The van der Waals surface area contributed by atoms with Crippen molar-refractivity contribution < 1.29 is 14.3 Å². The fourth-order valence-corrected chi connectivity index (χ4v) is 3.06. The number of carbonyl (C=O) groups excluding carboxylic acids is 2. The Morgan fingerprint density at radius 3 is 2.56 bits per heavy atom. The highest BCUT2D eigenvalue weighted by molar-refractivity contribution is 6.07. The summed E-state index contributed by atoms with van der Waals surface area (Å²) in [6, 6.07) is 20.7. The number of nitrogens with one attached hydrogen (secondary N) is 2. The summed E-state index contributed by atoms with van der Waals surface area (Å²) in [7, 11) is 0. The molecule has 5 nitrogen and oxygen atoms in total. The van der Waals surface area contributed by atoms with Crippen molar-refractivity contribution in [3.05, 3.63) is 78.0 Å². The van der Waals surface area contributed by atoms with Crippen LogP contribution < -0.4 is 5.32 Å². The van der Waals surface area contributed by atoms with Crippen LogP contribution in [0.3, 0.4) is 0 Å². The van der Waals surface area contributed by atoms with Gasteiger partial charge in [-0.25, -0.2) is 4.79 Å². The predicted octanol–water partition coefficient (Wildman–Crippen LogP) is 4.75. The monoisotopic (exact) mass is 358 g/mol. The summed E-state index contributed by atoms with van der Waals surface area (Å²) in [5.74, 6) is -0.572. The third-order valence-corrected chi connectivity index (χ3v) is 4.39. The number of ether oxygens (including phenoxy) is 1. The summed E-state index contributed by atoms with van der Waals surface area (Å²) in [5.41, 5.74) is 2.46. The minimum atomic E-state index is -0.393. The molecule has 134 valence electrons. The van der Waals surface area contributed by atoms with Crippen molar-refractivity contribution in [3.8, 4) is 0 Å². The molecule has 2 N–H and O–H groups in total. The Labute approximate surface area is 156 Å². The van der Waals surface area contributed by atoms with Gasteiger partial charge in [-0.3, -0.25) is 4.79 Å². The van der Waals surface area contributed by atoms with Gasteiger partial charge in [-0.15, -0.1) is 0 Å². The minimum absolute atomic E-state index is 0.179. The number of carbonyl (C=O) groups is 2. The average Bonchev–Trinajstić information content (AvgIpc) is 3.11. The van der Waals surface area contributed by atoms with Crippen LogP contribution in [0, 0.1) is 0 Å². The van der Waals surface area contributed by atoms with Crippen molar-refractivity contribution in [3.63, 3.8) is 0 Å². The van der Waals surface area contributed by atoms with E-state index in [4.69, 9.17) is 4.74 Å². The van der Waals surface area contributed by atoms with Crippen LogP contribution in [0.4, 0.5) is 5.69 Å². The van der Waals surface area contributed by atoms with Crippen LogP contribution in [0.15, 0.2) is 66.7 Å². The molecule has 3 aromatic carbocycles. The number of benzene rings is 3. The topological polar surface area (TPSA) is 71.2 Å². The zero-order valence-corrected chi connectivity index (χ0v) is 14.8. The summed E-state index contributed by atoms with van der Waals surface area (Å²) in [4.78, 5) is 27.5. The number of fused-ring (bicyclic) bond motifs is 2. The molecular weight excluding hydrogens is 340 g/mol. The normalized spacial score (nSPS) is 10.9. The first-order valence-corrected chi connectivity index (χ1v) is 8.74. The van der Waals surface area contributed by atoms with Gasteiger partial charge in [0, 0.05) is 22.2 Å². The van der Waals surface area contributed by atoms with E-state index in [2.05, 4.69) is 10.3 Å². The van der Waals surface area contributed by atoms with Crippen LogP contribution in [-0.2, 0) is 4.74 Å². The summed E-state index contributed by atoms with van der Waals surface area (Å²) >= 11 is 0. The molecule has 0 radical (unpaired) electrons. The van der Waals surface area contributed by atoms with E-state index in [9.17, 15) is 9.59 Å². The zero-order valence-electron chi connectivity index (χ0n) is 14.8. The van der Waals surface area contributed by atoms with Crippen LogP contribution in [0.5, 0.6) is 0 Å². The molecule has 5 heteroatoms. The molecule has 0 saturated carbocycles. The van der Waals surface area contributed by atoms with E-state index in [1.165, 1.54) is 0 Å². The average molecular weight is 358 g/mol. The molecule has 27 heavy (non-hydrogen) atoms. The maximum Gasteiger partial charge on any atom is 0.354 e. The molecule has 4 aromatic rings. The Hall–Kier alpha value is -3.60. The lowest BCUT2D eigenvalue weighted by Crippen LogP contribution is -2.11. The van der Waals surface area contributed by atoms with Crippen molar-refractivity contribution in [2.24, 2.45) is 0 Å². The number of hydrogen-bond acceptors (Lipinski definition) is 3. The molecule has 0 aliphatic rings. The molecule has 0 atom stereocenters. The molecule has 0 aliphatic carbocycles. The van der Waals surface area contributed by atoms with E-state index in [0.717, 1.165) is 21.7 Å². The Morgan fingerprint density at radius 1 is 0.926 bits per heavy atom. The first-order chi connectivity index (χ1) is 13.1. The lowest BCUT2D eigenvalue weighted by atomic mass is 10.1. The second-order valence-corrected chi connectivity index (χ2v) is 6.22. The summed E-state index contributed by atoms with van der Waals surface area (Å²) in [5, 5.41) is 5.85. The van der Waals surface area contributed by atoms with Gasteiger partial charge in [0.25, 0.3) is 5.91 Å². The number of aromatic amines is 1. The smallest absolute Gasteiger partial charge is 0.354 e. The Kier molecular flexibility index (Phi) is 4.34. The van der Waals surface area contributed by atoms with Gasteiger partial charge in [0.1, 0.15) is 5.69 Å². The molecule has 0 aliphatic heterocycles. The van der Waals surface area contributed by atoms with Crippen LogP contribution in [0.2, 0.25) is 0 Å². The SMILES string of the molecule is CCOC(=O)c1cc2cc(NC(=O)c3ccc4ccccc4c3)ccc2[nH]1. The second kappa shape index (κ2) is 6.96. The van der Waals surface area contributed by atoms with Gasteiger partial charge in [0.2, 0.25) is 0 Å². The molecular formula is C22H18N2O3. The predicted molar refractivity (Wildman–Crippen MR) is 106 cm³/mol. The lowest BCUT2D eigenvalue weighted by Gasteiger charge is -2.06. The maximum atomic E-state index is 12.6. The molecule has 0 spiro atoms. The van der Waals surface area contributed by atoms with Crippen molar-refractivity contribution in [2.45, 2.75) is 6.92 Å². The quantitative estimate of drug-likeness (QED) is 0.517. The second-order valence-electron chi connectivity index (χ2n) is 6.22. The third-order valence-electron chi connectivity index (χ3n) is 4.39. The third kappa shape index (κ3) is 3.40. The van der Waals surface area contributed by atoms with E-state index in [1.807, 2.05) is 54.6 Å². The molecule has 0 bridgehead atoms. The van der Waals surface area contributed by atoms with Crippen molar-refractivity contribution in [2.75, 3.05) is 11.9 Å². The molecule has 1 amide bonds. The summed E-state index contributed by atoms with van der Waals surface area (Å²) in [6.45, 7) is 2.09. The first-order valence-electron chi connectivity index (χ1n) is 8.74. The molecule has 0 fully saturated rings. The Balaban J connectivity index is 1.58. The number of hydrogen-bond donors (Lipinski definition) is 2. The van der Waals surface area contributed by atoms with Crippen LogP contribution in [-0.4, -0.2) is 23.5 Å². The zero-order chi connectivity index (χ0) is 18.8. The fraction of sp³-hybridized carbons (Fsp3) is 0.0909. The highest BCUT2D eigenvalue weighted by Crippen LogP contribution is 2.22. The van der Waals surface area contributed by atoms with Crippen molar-refractivity contribution in [1.82, 2.24) is 4.98 Å². The Bertz CT molecular complexity index is 1160. The van der Waals surface area contributed by atoms with Crippen molar-refractivity contribution >= 4 is 39.2 Å². The number of aromatic nitrogens is 1. The molecule has 1 aromatic heterocycles. The van der Waals surface area contributed by atoms with E-state index < -0.39 is 5.97 Å². The van der Waals surface area contributed by atoms with Crippen LogP contribution in [0.1, 0.15) is 27.8 Å². The van der Waals surface area contributed by atoms with Crippen LogP contribution in [0.25, 0.3) is 21.7 Å². The standard InChI is InChI=1S/C22H18N2O3/c1-2-27-22(26)20-13-17-12-18(9-10-19(17)24-20)23-21(25)16-8-7-14-5-3-4-6-15(14)11-16/h3-13,24H,2H2,1H3,(H,23,25). The highest BCUT2D eigenvalue weighted by atomic mass is 16.5. The van der Waals surface area contributed by atoms with Crippen molar-refractivity contribution in [1.29, 1.82) is 0 Å².